The van der Waals surface area contributed by atoms with Crippen LogP contribution in [-0.2, 0) is 17.2 Å². The van der Waals surface area contributed by atoms with Crippen molar-refractivity contribution in [3.05, 3.63) is 23.7 Å². The fourth-order valence-electron chi connectivity index (χ4n) is 1.94. The minimum Gasteiger partial charge on any atom is -0.352 e. The summed E-state index contributed by atoms with van der Waals surface area (Å²) in [6.07, 6.45) is 1.76. The number of aromatic nitrogens is 3. The van der Waals surface area contributed by atoms with Gasteiger partial charge in [0.2, 0.25) is 5.91 Å². The normalized spacial score (nSPS) is 11.2. The number of aryl methyl sites for hydroxylation is 1. The van der Waals surface area contributed by atoms with E-state index >= 15 is 0 Å². The number of hydrogen-bond donors (Lipinski definition) is 1. The molecule has 102 valence electrons. The largest absolute Gasteiger partial charge is 0.352 e. The summed E-state index contributed by atoms with van der Waals surface area (Å²) in [6.45, 7) is 5.99. The summed E-state index contributed by atoms with van der Waals surface area (Å²) < 4.78 is 1.76. The van der Waals surface area contributed by atoms with Crippen LogP contribution < -0.4 is 5.32 Å². The number of nitrogens with zero attached hydrogens (tertiary/aromatic N) is 3. The summed E-state index contributed by atoms with van der Waals surface area (Å²) in [5.41, 5.74) is 2.50. The van der Waals surface area contributed by atoms with Gasteiger partial charge in [0.05, 0.1) is 5.88 Å². The van der Waals surface area contributed by atoms with Crippen molar-refractivity contribution in [2.75, 3.05) is 0 Å². The molecule has 0 atom stereocenters. The molecule has 2 aromatic rings. The fraction of sp³-hybridized carbons (Fsp3) is 0.462. The third-order valence-electron chi connectivity index (χ3n) is 2.67. The lowest BCUT2D eigenvalue weighted by Gasteiger charge is -2.10. The molecule has 0 saturated carbocycles. The van der Waals surface area contributed by atoms with Gasteiger partial charge in [0.25, 0.3) is 0 Å². The number of carbonyl (C=O) groups excluding carboxylic acids is 1. The van der Waals surface area contributed by atoms with Gasteiger partial charge in [0.1, 0.15) is 17.9 Å². The average molecular weight is 281 g/mol. The van der Waals surface area contributed by atoms with Crippen LogP contribution in [0.1, 0.15) is 25.2 Å². The van der Waals surface area contributed by atoms with Crippen LogP contribution in [-0.4, -0.2) is 26.5 Å². The molecule has 19 heavy (non-hydrogen) atoms. The van der Waals surface area contributed by atoms with E-state index in [0.717, 1.165) is 11.1 Å². The topological polar surface area (TPSA) is 59.8 Å². The van der Waals surface area contributed by atoms with Gasteiger partial charge in [-0.05, 0) is 32.4 Å². The first kappa shape index (κ1) is 13.8. The smallest absolute Gasteiger partial charge is 0.240 e. The van der Waals surface area contributed by atoms with Crippen LogP contribution in [0.2, 0.25) is 0 Å². The highest BCUT2D eigenvalue weighted by Crippen LogP contribution is 2.16. The second-order valence-corrected chi connectivity index (χ2v) is 5.09. The standard InChI is InChI=1S/C13H17ClN4O/c1-8(2)16-12(19)7-18-11(5-14)17-10-4-9(3)6-15-13(10)18/h4,6,8H,5,7H2,1-3H3,(H,16,19). The highest BCUT2D eigenvalue weighted by atomic mass is 35.5. The Hall–Kier alpha value is -1.62. The Labute approximate surface area is 117 Å². The van der Waals surface area contributed by atoms with E-state index in [0.29, 0.717) is 11.5 Å². The van der Waals surface area contributed by atoms with E-state index in [4.69, 9.17) is 11.6 Å². The second kappa shape index (κ2) is 5.57. The van der Waals surface area contributed by atoms with E-state index < -0.39 is 0 Å². The zero-order chi connectivity index (χ0) is 14.0. The molecule has 0 aliphatic rings. The average Bonchev–Trinajstić information content (AvgIpc) is 2.65. The number of carbonyl (C=O) groups is 1. The zero-order valence-electron chi connectivity index (χ0n) is 11.3. The molecule has 2 aromatic heterocycles. The lowest BCUT2D eigenvalue weighted by Crippen LogP contribution is -2.33. The molecular formula is C13H17ClN4O. The van der Waals surface area contributed by atoms with Crippen molar-refractivity contribution >= 4 is 28.7 Å². The van der Waals surface area contributed by atoms with Crippen LogP contribution in [0.4, 0.5) is 0 Å². The van der Waals surface area contributed by atoms with E-state index in [-0.39, 0.29) is 24.4 Å². The molecule has 0 bridgehead atoms. The van der Waals surface area contributed by atoms with Crippen molar-refractivity contribution in [3.8, 4) is 0 Å². The fourth-order valence-corrected chi connectivity index (χ4v) is 2.14. The van der Waals surface area contributed by atoms with Gasteiger partial charge in [0, 0.05) is 12.2 Å². The van der Waals surface area contributed by atoms with Crippen LogP contribution in [0, 0.1) is 6.92 Å². The monoisotopic (exact) mass is 280 g/mol. The van der Waals surface area contributed by atoms with Crippen molar-refractivity contribution in [3.63, 3.8) is 0 Å². The summed E-state index contributed by atoms with van der Waals surface area (Å²) in [5, 5.41) is 2.85. The molecule has 0 saturated heterocycles. The Kier molecular flexibility index (Phi) is 4.04. The highest BCUT2D eigenvalue weighted by molar-refractivity contribution is 6.16. The highest BCUT2D eigenvalue weighted by Gasteiger charge is 2.14. The molecule has 2 rings (SSSR count). The number of amides is 1. The molecule has 0 aromatic carbocycles. The lowest BCUT2D eigenvalue weighted by atomic mass is 10.3. The Morgan fingerprint density at radius 3 is 2.89 bits per heavy atom. The summed E-state index contributed by atoms with van der Waals surface area (Å²) in [7, 11) is 0. The van der Waals surface area contributed by atoms with Crippen molar-refractivity contribution in [1.82, 2.24) is 19.9 Å². The van der Waals surface area contributed by atoms with E-state index in [1.54, 1.807) is 10.8 Å². The van der Waals surface area contributed by atoms with Crippen LogP contribution in [0.15, 0.2) is 12.3 Å². The van der Waals surface area contributed by atoms with E-state index in [1.807, 2.05) is 26.8 Å². The third-order valence-corrected chi connectivity index (χ3v) is 2.91. The summed E-state index contributed by atoms with van der Waals surface area (Å²) in [5.74, 6) is 0.849. The first-order valence-electron chi connectivity index (χ1n) is 6.18. The summed E-state index contributed by atoms with van der Waals surface area (Å²) in [6, 6.07) is 2.05. The summed E-state index contributed by atoms with van der Waals surface area (Å²) in [4.78, 5) is 20.6. The van der Waals surface area contributed by atoms with Gasteiger partial charge in [0.15, 0.2) is 5.65 Å². The van der Waals surface area contributed by atoms with Crippen LogP contribution in [0.3, 0.4) is 0 Å². The van der Waals surface area contributed by atoms with Crippen molar-refractivity contribution in [2.24, 2.45) is 0 Å². The molecule has 0 aliphatic heterocycles. The van der Waals surface area contributed by atoms with Gasteiger partial charge in [-0.25, -0.2) is 9.97 Å². The number of halogens is 1. The SMILES string of the molecule is Cc1cnc2c(c1)nc(CCl)n2CC(=O)NC(C)C. The van der Waals surface area contributed by atoms with Gasteiger partial charge in [-0.15, -0.1) is 11.6 Å². The Morgan fingerprint density at radius 2 is 2.26 bits per heavy atom. The minimum atomic E-state index is -0.0666. The first-order valence-corrected chi connectivity index (χ1v) is 6.71. The third kappa shape index (κ3) is 3.04. The number of imidazole rings is 1. The molecule has 5 nitrogen and oxygen atoms in total. The van der Waals surface area contributed by atoms with Crippen molar-refractivity contribution < 1.29 is 4.79 Å². The number of pyridine rings is 1. The Bertz CT molecular complexity index is 606. The van der Waals surface area contributed by atoms with Gasteiger partial charge >= 0.3 is 0 Å². The van der Waals surface area contributed by atoms with Gasteiger partial charge < -0.3 is 9.88 Å². The van der Waals surface area contributed by atoms with E-state index in [2.05, 4.69) is 15.3 Å². The van der Waals surface area contributed by atoms with Gasteiger partial charge in [-0.1, -0.05) is 0 Å². The number of alkyl halides is 1. The molecule has 0 spiro atoms. The molecule has 0 radical (unpaired) electrons. The maximum absolute atomic E-state index is 11.9. The minimum absolute atomic E-state index is 0.0666. The maximum atomic E-state index is 11.9. The predicted molar refractivity (Wildman–Crippen MR) is 75.1 cm³/mol. The number of hydrogen-bond acceptors (Lipinski definition) is 3. The second-order valence-electron chi connectivity index (χ2n) is 4.83. The number of rotatable bonds is 4. The quantitative estimate of drug-likeness (QED) is 0.872. The van der Waals surface area contributed by atoms with Crippen LogP contribution in [0.5, 0.6) is 0 Å². The van der Waals surface area contributed by atoms with Crippen molar-refractivity contribution in [2.45, 2.75) is 39.2 Å². The van der Waals surface area contributed by atoms with Crippen molar-refractivity contribution in [1.29, 1.82) is 0 Å². The predicted octanol–water partition coefficient (Wildman–Crippen LogP) is 2.00. The van der Waals surface area contributed by atoms with Gasteiger partial charge in [-0.2, -0.15) is 0 Å². The molecule has 1 N–H and O–H groups in total. The lowest BCUT2D eigenvalue weighted by molar-refractivity contribution is -0.122. The molecule has 0 aliphatic carbocycles. The van der Waals surface area contributed by atoms with Crippen LogP contribution >= 0.6 is 11.6 Å². The van der Waals surface area contributed by atoms with Crippen LogP contribution in [0.25, 0.3) is 11.2 Å². The molecule has 0 unspecified atom stereocenters. The molecule has 0 fully saturated rings. The molecule has 6 heteroatoms. The number of fused-ring (bicyclic) bond motifs is 1. The van der Waals surface area contributed by atoms with E-state index in [1.165, 1.54) is 0 Å². The molecular weight excluding hydrogens is 264 g/mol. The first-order chi connectivity index (χ1) is 9.01. The molecule has 2 heterocycles. The molecule has 1 amide bonds. The Balaban J connectivity index is 2.38. The Morgan fingerprint density at radius 1 is 1.53 bits per heavy atom. The maximum Gasteiger partial charge on any atom is 0.240 e. The number of nitrogens with one attached hydrogen (secondary N) is 1. The summed E-state index contributed by atoms with van der Waals surface area (Å²) >= 11 is 5.89. The van der Waals surface area contributed by atoms with E-state index in [9.17, 15) is 4.79 Å². The van der Waals surface area contributed by atoms with Gasteiger partial charge in [-0.3, -0.25) is 4.79 Å². The zero-order valence-corrected chi connectivity index (χ0v) is 12.0.